The van der Waals surface area contributed by atoms with Crippen molar-refractivity contribution in [2.24, 2.45) is 5.73 Å². The van der Waals surface area contributed by atoms with Crippen molar-refractivity contribution in [2.75, 3.05) is 13.6 Å². The molecule has 0 radical (unpaired) electrons. The van der Waals surface area contributed by atoms with Crippen molar-refractivity contribution in [1.82, 2.24) is 15.3 Å². The van der Waals surface area contributed by atoms with Crippen molar-refractivity contribution in [3.05, 3.63) is 24.3 Å². The maximum Gasteiger partial charge on any atom is 0.115 e. The van der Waals surface area contributed by atoms with E-state index in [1.165, 1.54) is 6.33 Å². The number of aromatic nitrogens is 2. The van der Waals surface area contributed by atoms with Crippen LogP contribution in [0, 0.1) is 0 Å². The molecule has 0 amide bonds. The Bertz CT molecular complexity index is 195. The molecule has 1 aromatic heterocycles. The predicted octanol–water partition coefficient (Wildman–Crippen LogP) is -0.304. The molecule has 4 heteroatoms. The van der Waals surface area contributed by atoms with Crippen LogP contribution in [0.1, 0.15) is 11.7 Å². The maximum atomic E-state index is 5.49. The minimum absolute atomic E-state index is 0.137. The second kappa shape index (κ2) is 4.00. The Hall–Kier alpha value is -1.00. The minimum atomic E-state index is 0.137. The predicted molar refractivity (Wildman–Crippen MR) is 42.9 cm³/mol. The van der Waals surface area contributed by atoms with Crippen LogP contribution in [-0.2, 0) is 0 Å². The fraction of sp³-hybridized carbons (Fsp3) is 0.429. The van der Waals surface area contributed by atoms with E-state index in [-0.39, 0.29) is 6.04 Å². The second-order valence-corrected chi connectivity index (χ2v) is 2.21. The first-order valence-electron chi connectivity index (χ1n) is 3.51. The van der Waals surface area contributed by atoms with E-state index < -0.39 is 0 Å². The topological polar surface area (TPSA) is 63.8 Å². The van der Waals surface area contributed by atoms with Gasteiger partial charge in [-0.15, -0.1) is 0 Å². The number of nitrogens with two attached hydrogens (primary N) is 1. The van der Waals surface area contributed by atoms with E-state index in [0.717, 1.165) is 5.69 Å². The Kier molecular flexibility index (Phi) is 2.95. The number of hydrogen-bond donors (Lipinski definition) is 2. The molecule has 0 aliphatic heterocycles. The van der Waals surface area contributed by atoms with Gasteiger partial charge in [-0.3, -0.25) is 0 Å². The van der Waals surface area contributed by atoms with E-state index in [0.29, 0.717) is 6.54 Å². The Morgan fingerprint density at radius 1 is 1.73 bits per heavy atom. The standard InChI is InChI=1S/C7H12N4/c1-9-7(4-8)6-2-3-10-5-11-6/h2-3,5,7,9H,4,8H2,1H3. The average Bonchev–Trinajstić information content (AvgIpc) is 2.09. The zero-order valence-electron chi connectivity index (χ0n) is 6.49. The van der Waals surface area contributed by atoms with Gasteiger partial charge in [0.1, 0.15) is 6.33 Å². The Morgan fingerprint density at radius 2 is 2.55 bits per heavy atom. The second-order valence-electron chi connectivity index (χ2n) is 2.21. The molecule has 1 rings (SSSR count). The first-order chi connectivity index (χ1) is 5.38. The Labute approximate surface area is 65.9 Å². The molecule has 0 aliphatic rings. The van der Waals surface area contributed by atoms with Gasteiger partial charge in [-0.25, -0.2) is 9.97 Å². The molecule has 0 saturated carbocycles. The molecule has 0 saturated heterocycles. The quantitative estimate of drug-likeness (QED) is 0.624. The van der Waals surface area contributed by atoms with Gasteiger partial charge in [0.15, 0.2) is 0 Å². The molecular formula is C7H12N4. The highest BCUT2D eigenvalue weighted by molar-refractivity contribution is 5.04. The lowest BCUT2D eigenvalue weighted by atomic mass is 10.2. The summed E-state index contributed by atoms with van der Waals surface area (Å²) in [6, 6.07) is 1.99. The molecule has 1 heterocycles. The summed E-state index contributed by atoms with van der Waals surface area (Å²) in [5, 5.41) is 3.05. The van der Waals surface area contributed by atoms with Crippen LogP contribution in [0.3, 0.4) is 0 Å². The van der Waals surface area contributed by atoms with Crippen molar-refractivity contribution in [2.45, 2.75) is 6.04 Å². The van der Waals surface area contributed by atoms with Crippen molar-refractivity contribution < 1.29 is 0 Å². The zero-order chi connectivity index (χ0) is 8.10. The first kappa shape index (κ1) is 8.10. The third-order valence-electron chi connectivity index (χ3n) is 1.55. The summed E-state index contributed by atoms with van der Waals surface area (Å²) in [5.41, 5.74) is 6.43. The Morgan fingerprint density at radius 3 is 3.00 bits per heavy atom. The molecule has 1 aromatic rings. The smallest absolute Gasteiger partial charge is 0.115 e. The van der Waals surface area contributed by atoms with E-state index in [9.17, 15) is 0 Å². The zero-order valence-corrected chi connectivity index (χ0v) is 6.49. The van der Waals surface area contributed by atoms with E-state index in [1.807, 2.05) is 13.1 Å². The summed E-state index contributed by atoms with van der Waals surface area (Å²) in [5.74, 6) is 0. The minimum Gasteiger partial charge on any atom is -0.329 e. The van der Waals surface area contributed by atoms with Gasteiger partial charge in [0.2, 0.25) is 0 Å². The third kappa shape index (κ3) is 1.96. The lowest BCUT2D eigenvalue weighted by molar-refractivity contribution is 0.587. The van der Waals surface area contributed by atoms with Gasteiger partial charge in [-0.1, -0.05) is 0 Å². The normalized spacial score (nSPS) is 12.9. The fourth-order valence-corrected chi connectivity index (χ4v) is 0.894. The molecule has 3 N–H and O–H groups in total. The molecule has 1 unspecified atom stereocenters. The molecule has 0 bridgehead atoms. The van der Waals surface area contributed by atoms with E-state index in [1.54, 1.807) is 6.20 Å². The molecule has 4 nitrogen and oxygen atoms in total. The van der Waals surface area contributed by atoms with Crippen LogP contribution in [0.25, 0.3) is 0 Å². The van der Waals surface area contributed by atoms with Crippen LogP contribution in [0.15, 0.2) is 18.6 Å². The molecule has 0 fully saturated rings. The van der Waals surface area contributed by atoms with Gasteiger partial charge in [0.25, 0.3) is 0 Å². The average molecular weight is 152 g/mol. The number of rotatable bonds is 3. The van der Waals surface area contributed by atoms with E-state index >= 15 is 0 Å². The summed E-state index contributed by atoms with van der Waals surface area (Å²) < 4.78 is 0. The van der Waals surface area contributed by atoms with E-state index in [4.69, 9.17) is 5.73 Å². The van der Waals surface area contributed by atoms with Crippen molar-refractivity contribution >= 4 is 0 Å². The maximum absolute atomic E-state index is 5.49. The molecule has 60 valence electrons. The molecular weight excluding hydrogens is 140 g/mol. The molecule has 0 spiro atoms. The van der Waals surface area contributed by atoms with Crippen LogP contribution in [0.5, 0.6) is 0 Å². The van der Waals surface area contributed by atoms with E-state index in [2.05, 4.69) is 15.3 Å². The summed E-state index contributed by atoms with van der Waals surface area (Å²) in [4.78, 5) is 7.88. The highest BCUT2D eigenvalue weighted by Gasteiger charge is 2.05. The van der Waals surface area contributed by atoms with Crippen LogP contribution < -0.4 is 11.1 Å². The summed E-state index contributed by atoms with van der Waals surface area (Å²) >= 11 is 0. The lowest BCUT2D eigenvalue weighted by Gasteiger charge is -2.11. The van der Waals surface area contributed by atoms with Gasteiger partial charge in [0, 0.05) is 12.7 Å². The van der Waals surface area contributed by atoms with Crippen LogP contribution >= 0.6 is 0 Å². The van der Waals surface area contributed by atoms with Crippen molar-refractivity contribution in [3.63, 3.8) is 0 Å². The van der Waals surface area contributed by atoms with Gasteiger partial charge >= 0.3 is 0 Å². The van der Waals surface area contributed by atoms with Crippen molar-refractivity contribution in [3.8, 4) is 0 Å². The lowest BCUT2D eigenvalue weighted by Crippen LogP contribution is -2.25. The fourth-order valence-electron chi connectivity index (χ4n) is 0.894. The molecule has 0 aromatic carbocycles. The monoisotopic (exact) mass is 152 g/mol. The molecule has 11 heavy (non-hydrogen) atoms. The van der Waals surface area contributed by atoms with Gasteiger partial charge in [-0.2, -0.15) is 0 Å². The summed E-state index contributed by atoms with van der Waals surface area (Å²) in [7, 11) is 1.86. The van der Waals surface area contributed by atoms with Gasteiger partial charge in [-0.05, 0) is 13.1 Å². The first-order valence-corrected chi connectivity index (χ1v) is 3.51. The largest absolute Gasteiger partial charge is 0.329 e. The summed E-state index contributed by atoms with van der Waals surface area (Å²) in [6.45, 7) is 0.549. The highest BCUT2D eigenvalue weighted by atomic mass is 14.9. The summed E-state index contributed by atoms with van der Waals surface area (Å²) in [6.07, 6.45) is 3.23. The number of nitrogens with one attached hydrogen (secondary N) is 1. The molecule has 0 aliphatic carbocycles. The molecule has 1 atom stereocenters. The third-order valence-corrected chi connectivity index (χ3v) is 1.55. The van der Waals surface area contributed by atoms with Crippen molar-refractivity contribution in [1.29, 1.82) is 0 Å². The number of hydrogen-bond acceptors (Lipinski definition) is 4. The SMILES string of the molecule is CNC(CN)c1ccncn1. The van der Waals surface area contributed by atoms with Gasteiger partial charge < -0.3 is 11.1 Å². The van der Waals surface area contributed by atoms with Crippen LogP contribution in [-0.4, -0.2) is 23.6 Å². The Balaban J connectivity index is 2.74. The van der Waals surface area contributed by atoms with Crippen LogP contribution in [0.4, 0.5) is 0 Å². The number of nitrogens with zero attached hydrogens (tertiary/aromatic N) is 2. The highest BCUT2D eigenvalue weighted by Crippen LogP contribution is 2.04. The number of likely N-dealkylation sites (N-methyl/N-ethyl adjacent to an activating group) is 1. The van der Waals surface area contributed by atoms with Gasteiger partial charge in [0.05, 0.1) is 11.7 Å². The van der Waals surface area contributed by atoms with Crippen LogP contribution in [0.2, 0.25) is 0 Å².